The number of carbonyl (C=O) groups excluding carboxylic acids is 2. The minimum absolute atomic E-state index is 0.0767. The average Bonchev–Trinajstić information content (AvgIpc) is 2.56. The number of ether oxygens (including phenoxy) is 3. The summed E-state index contributed by atoms with van der Waals surface area (Å²) in [4.78, 5) is 23.9. The first kappa shape index (κ1) is 18.2. The summed E-state index contributed by atoms with van der Waals surface area (Å²) in [7, 11) is 0. The average molecular weight is 363 g/mol. The van der Waals surface area contributed by atoms with E-state index in [-0.39, 0.29) is 11.7 Å². The molecule has 0 aromatic heterocycles. The zero-order valence-corrected chi connectivity index (χ0v) is 14.8. The quantitative estimate of drug-likeness (QED) is 0.500. The molecule has 1 aliphatic carbocycles. The monoisotopic (exact) mass is 363 g/mol. The zero-order valence-electron chi connectivity index (χ0n) is 14.8. The van der Waals surface area contributed by atoms with Crippen LogP contribution in [0.25, 0.3) is 0 Å². The Bertz CT molecular complexity index is 715. The maximum absolute atomic E-state index is 13.6. The molecular weight excluding hydrogens is 341 g/mol. The molecule has 7 heteroatoms. The Morgan fingerprint density at radius 3 is 2.46 bits per heavy atom. The van der Waals surface area contributed by atoms with Gasteiger partial charge in [0.15, 0.2) is 5.57 Å². The lowest BCUT2D eigenvalue weighted by molar-refractivity contribution is -0.222. The van der Waals surface area contributed by atoms with Crippen LogP contribution in [0.4, 0.5) is 10.1 Å². The Kier molecular flexibility index (Phi) is 5.15. The van der Waals surface area contributed by atoms with Crippen molar-refractivity contribution in [2.75, 3.05) is 5.32 Å². The van der Waals surface area contributed by atoms with Crippen molar-refractivity contribution < 1.29 is 28.2 Å². The number of hydrogen-bond donors (Lipinski definition) is 1. The summed E-state index contributed by atoms with van der Waals surface area (Å²) in [6.45, 7) is 2.94. The molecule has 1 saturated carbocycles. The number of hydrogen-bond acceptors (Lipinski definition) is 6. The molecule has 1 aromatic carbocycles. The number of rotatable bonds is 4. The van der Waals surface area contributed by atoms with Gasteiger partial charge in [0.2, 0.25) is 0 Å². The molecular formula is C19H22FNO5. The number of cyclic esters (lactones) is 2. The molecule has 0 atom stereocenters. The maximum Gasteiger partial charge on any atom is 0.350 e. The van der Waals surface area contributed by atoms with E-state index in [4.69, 9.17) is 14.2 Å². The fraction of sp³-hybridized carbons (Fsp3) is 0.474. The van der Waals surface area contributed by atoms with Crippen LogP contribution in [0.1, 0.15) is 46.0 Å². The van der Waals surface area contributed by atoms with Crippen LogP contribution in [-0.4, -0.2) is 23.8 Å². The minimum atomic E-state index is -1.31. The molecule has 1 heterocycles. The first-order valence-corrected chi connectivity index (χ1v) is 8.74. The van der Waals surface area contributed by atoms with Crippen LogP contribution < -0.4 is 10.1 Å². The number of benzene rings is 1. The van der Waals surface area contributed by atoms with Crippen LogP contribution in [0, 0.1) is 5.82 Å². The highest BCUT2D eigenvalue weighted by atomic mass is 19.1. The summed E-state index contributed by atoms with van der Waals surface area (Å²) in [5.41, 5.74) is 0.0331. The van der Waals surface area contributed by atoms with Gasteiger partial charge in [-0.05, 0) is 37.8 Å². The van der Waals surface area contributed by atoms with E-state index in [1.165, 1.54) is 38.5 Å². The van der Waals surface area contributed by atoms with Crippen LogP contribution in [0.2, 0.25) is 0 Å². The topological polar surface area (TPSA) is 73.9 Å². The second-order valence-corrected chi connectivity index (χ2v) is 6.90. The van der Waals surface area contributed by atoms with E-state index >= 15 is 0 Å². The highest BCUT2D eigenvalue weighted by Crippen LogP contribution is 2.31. The Labute approximate surface area is 151 Å². The van der Waals surface area contributed by atoms with Crippen LogP contribution in [0.3, 0.4) is 0 Å². The molecule has 2 fully saturated rings. The van der Waals surface area contributed by atoms with Crippen LogP contribution in [0.5, 0.6) is 5.75 Å². The van der Waals surface area contributed by atoms with Crippen molar-refractivity contribution >= 4 is 17.6 Å². The van der Waals surface area contributed by atoms with Crippen LogP contribution in [-0.2, 0) is 19.1 Å². The number of esters is 2. The number of halogens is 1. The summed E-state index contributed by atoms with van der Waals surface area (Å²) in [5, 5.41) is 2.77. The lowest BCUT2D eigenvalue weighted by Crippen LogP contribution is -2.42. The third-order valence-corrected chi connectivity index (χ3v) is 4.28. The second-order valence-electron chi connectivity index (χ2n) is 6.90. The van der Waals surface area contributed by atoms with Crippen molar-refractivity contribution in [2.24, 2.45) is 0 Å². The molecule has 0 amide bonds. The fourth-order valence-corrected chi connectivity index (χ4v) is 3.01. The largest absolute Gasteiger partial charge is 0.488 e. The minimum Gasteiger partial charge on any atom is -0.488 e. The van der Waals surface area contributed by atoms with Gasteiger partial charge in [-0.25, -0.2) is 14.0 Å². The van der Waals surface area contributed by atoms with Gasteiger partial charge in [-0.15, -0.1) is 0 Å². The number of carbonyl (C=O) groups is 2. The lowest BCUT2D eigenvalue weighted by atomic mass is 9.98. The molecule has 6 nitrogen and oxygen atoms in total. The predicted molar refractivity (Wildman–Crippen MR) is 91.9 cm³/mol. The van der Waals surface area contributed by atoms with E-state index in [0.29, 0.717) is 11.4 Å². The molecule has 0 spiro atoms. The summed E-state index contributed by atoms with van der Waals surface area (Å²) in [6, 6.07) is 4.09. The van der Waals surface area contributed by atoms with Gasteiger partial charge >= 0.3 is 11.9 Å². The van der Waals surface area contributed by atoms with E-state index in [2.05, 4.69) is 5.32 Å². The molecule has 0 radical (unpaired) electrons. The van der Waals surface area contributed by atoms with Crippen LogP contribution in [0.15, 0.2) is 30.0 Å². The van der Waals surface area contributed by atoms with Gasteiger partial charge in [0.05, 0.1) is 11.8 Å². The second kappa shape index (κ2) is 7.35. The summed E-state index contributed by atoms with van der Waals surface area (Å²) in [6.07, 6.45) is 6.53. The molecule has 140 valence electrons. The maximum atomic E-state index is 13.6. The SMILES string of the molecule is CC1(C)OC(=O)C(=CNc2cc(F)ccc2OC2CCCCC2)C(=O)O1. The first-order chi connectivity index (χ1) is 12.3. The van der Waals surface area contributed by atoms with E-state index in [0.717, 1.165) is 31.9 Å². The van der Waals surface area contributed by atoms with Crippen molar-refractivity contribution in [3.05, 3.63) is 35.8 Å². The van der Waals surface area contributed by atoms with Gasteiger partial charge in [-0.3, -0.25) is 0 Å². The molecule has 1 saturated heterocycles. The smallest absolute Gasteiger partial charge is 0.350 e. The Balaban J connectivity index is 1.77. The molecule has 26 heavy (non-hydrogen) atoms. The lowest BCUT2D eigenvalue weighted by Gasteiger charge is -2.29. The van der Waals surface area contributed by atoms with Gasteiger partial charge < -0.3 is 19.5 Å². The highest BCUT2D eigenvalue weighted by molar-refractivity contribution is 6.15. The fourth-order valence-electron chi connectivity index (χ4n) is 3.01. The number of nitrogens with one attached hydrogen (secondary N) is 1. The van der Waals surface area contributed by atoms with Crippen molar-refractivity contribution in [1.82, 2.24) is 0 Å². The van der Waals surface area contributed by atoms with E-state index in [1.54, 1.807) is 0 Å². The van der Waals surface area contributed by atoms with Crippen molar-refractivity contribution in [1.29, 1.82) is 0 Å². The van der Waals surface area contributed by atoms with Crippen molar-refractivity contribution in [3.63, 3.8) is 0 Å². The van der Waals surface area contributed by atoms with Gasteiger partial charge in [-0.2, -0.15) is 0 Å². The van der Waals surface area contributed by atoms with Gasteiger partial charge in [0.25, 0.3) is 5.79 Å². The van der Waals surface area contributed by atoms with Crippen molar-refractivity contribution in [3.8, 4) is 5.75 Å². The van der Waals surface area contributed by atoms with Crippen LogP contribution >= 0.6 is 0 Å². The van der Waals surface area contributed by atoms with Gasteiger partial charge in [0.1, 0.15) is 11.6 Å². The van der Waals surface area contributed by atoms with Gasteiger partial charge in [-0.1, -0.05) is 6.42 Å². The van der Waals surface area contributed by atoms with Gasteiger partial charge in [0, 0.05) is 26.1 Å². The molecule has 1 aliphatic heterocycles. The van der Waals surface area contributed by atoms with E-state index in [9.17, 15) is 14.0 Å². The third kappa shape index (κ3) is 4.33. The highest BCUT2D eigenvalue weighted by Gasteiger charge is 2.39. The molecule has 0 bridgehead atoms. The van der Waals surface area contributed by atoms with Crippen molar-refractivity contribution in [2.45, 2.75) is 57.8 Å². The zero-order chi connectivity index (χ0) is 18.7. The van der Waals surface area contributed by atoms with E-state index < -0.39 is 23.5 Å². The molecule has 3 rings (SSSR count). The first-order valence-electron chi connectivity index (χ1n) is 8.74. The molecule has 1 N–H and O–H groups in total. The Hall–Kier alpha value is -2.57. The normalized spacial score (nSPS) is 20.2. The Morgan fingerprint density at radius 2 is 1.81 bits per heavy atom. The predicted octanol–water partition coefficient (Wildman–Crippen LogP) is 3.67. The standard InChI is InChI=1S/C19H22FNO5/c1-19(2)25-17(22)14(18(23)26-19)11-21-15-10-12(20)8-9-16(15)24-13-6-4-3-5-7-13/h8-11,13,21H,3-7H2,1-2H3. The number of anilines is 1. The summed E-state index contributed by atoms with van der Waals surface area (Å²) < 4.78 is 29.7. The summed E-state index contributed by atoms with van der Waals surface area (Å²) in [5.74, 6) is -2.90. The molecule has 2 aliphatic rings. The molecule has 1 aromatic rings. The molecule has 0 unspecified atom stereocenters. The summed E-state index contributed by atoms with van der Waals surface area (Å²) >= 11 is 0. The Morgan fingerprint density at radius 1 is 1.15 bits per heavy atom. The third-order valence-electron chi connectivity index (χ3n) is 4.28. The van der Waals surface area contributed by atoms with E-state index in [1.807, 2.05) is 0 Å².